The molecule has 8 nitrogen and oxygen atoms in total. The van der Waals surface area contributed by atoms with E-state index in [2.05, 4.69) is 5.32 Å². The summed E-state index contributed by atoms with van der Waals surface area (Å²) in [4.78, 5) is 28.2. The predicted molar refractivity (Wildman–Crippen MR) is 143 cm³/mol. The monoisotopic (exact) mass is 532 g/mol. The lowest BCUT2D eigenvalue weighted by Gasteiger charge is -2.33. The number of nitrogens with zero attached hydrogens (tertiary/aromatic N) is 3. The first-order valence-corrected chi connectivity index (χ1v) is 13.9. The van der Waals surface area contributed by atoms with E-state index < -0.39 is 34.5 Å². The van der Waals surface area contributed by atoms with Crippen LogP contribution in [0.4, 0.5) is 10.1 Å². The van der Waals surface area contributed by atoms with Crippen molar-refractivity contribution < 1.29 is 22.4 Å². The van der Waals surface area contributed by atoms with Crippen LogP contribution in [-0.4, -0.2) is 62.2 Å². The predicted octanol–water partition coefficient (Wildman–Crippen LogP) is 3.53. The highest BCUT2D eigenvalue weighted by molar-refractivity contribution is 7.90. The van der Waals surface area contributed by atoms with Crippen molar-refractivity contribution in [3.05, 3.63) is 65.0 Å². The van der Waals surface area contributed by atoms with Crippen LogP contribution >= 0.6 is 0 Å². The summed E-state index contributed by atoms with van der Waals surface area (Å²) in [6.07, 6.45) is 3.82. The molecule has 2 aromatic rings. The quantitative estimate of drug-likeness (QED) is 0.507. The van der Waals surface area contributed by atoms with E-state index in [1.165, 1.54) is 25.1 Å². The van der Waals surface area contributed by atoms with Gasteiger partial charge in [-0.3, -0.25) is 9.59 Å². The lowest BCUT2D eigenvalue weighted by Crippen LogP contribution is -2.53. The van der Waals surface area contributed by atoms with Crippen LogP contribution in [0.5, 0.6) is 0 Å². The average Bonchev–Trinajstić information content (AvgIpc) is 3.36. The van der Waals surface area contributed by atoms with E-state index in [9.17, 15) is 22.4 Å². The number of rotatable bonds is 10. The van der Waals surface area contributed by atoms with Crippen molar-refractivity contribution in [2.45, 2.75) is 65.1 Å². The second kappa shape index (κ2) is 12.0. The molecule has 37 heavy (non-hydrogen) atoms. The molecule has 0 unspecified atom stereocenters. The van der Waals surface area contributed by atoms with Gasteiger partial charge in [-0.25, -0.2) is 8.70 Å². The normalized spacial score (nSPS) is 15.0. The van der Waals surface area contributed by atoms with Crippen molar-refractivity contribution in [3.63, 3.8) is 0 Å². The summed E-state index contributed by atoms with van der Waals surface area (Å²) in [5, 5.41) is 3.00. The van der Waals surface area contributed by atoms with Crippen molar-refractivity contribution >= 4 is 27.7 Å². The third-order valence-corrected chi connectivity index (χ3v) is 8.63. The molecule has 1 aliphatic rings. The molecule has 1 aliphatic carbocycles. The third-order valence-electron chi connectivity index (χ3n) is 6.82. The van der Waals surface area contributed by atoms with Crippen molar-refractivity contribution in [1.29, 1.82) is 0 Å². The molecule has 202 valence electrons. The van der Waals surface area contributed by atoms with Gasteiger partial charge in [-0.05, 0) is 56.9 Å². The zero-order valence-electron chi connectivity index (χ0n) is 22.2. The molecule has 0 radical (unpaired) electrons. The maximum Gasteiger partial charge on any atom is 0.304 e. The number of carbonyl (C=O) groups is 2. The number of amides is 2. The second-order valence-electron chi connectivity index (χ2n) is 9.87. The molecule has 0 saturated heterocycles. The van der Waals surface area contributed by atoms with E-state index in [0.717, 1.165) is 39.9 Å². The van der Waals surface area contributed by atoms with Crippen LogP contribution in [0.25, 0.3) is 0 Å². The molecule has 1 N–H and O–H groups in total. The number of nitrogens with one attached hydrogen (secondary N) is 1. The van der Waals surface area contributed by atoms with Crippen LogP contribution in [0, 0.1) is 19.7 Å². The number of halogens is 1. The van der Waals surface area contributed by atoms with Gasteiger partial charge in [-0.2, -0.15) is 12.7 Å². The highest BCUT2D eigenvalue weighted by Gasteiger charge is 2.34. The van der Waals surface area contributed by atoms with E-state index in [0.29, 0.717) is 11.3 Å². The minimum Gasteiger partial charge on any atom is -0.352 e. The van der Waals surface area contributed by atoms with Crippen LogP contribution in [0.2, 0.25) is 0 Å². The van der Waals surface area contributed by atoms with Crippen molar-refractivity contribution in [3.8, 4) is 0 Å². The Hall–Kier alpha value is -2.98. The summed E-state index contributed by atoms with van der Waals surface area (Å²) in [5.74, 6) is -1.45. The standard InChI is InChI=1S/C27H37FN4O4S/c1-19-14-15-20(2)25(16-19)32(37(35,36)30(4)5)18-26(33)31(17-22-10-6-9-13-24(22)28)21(3)27(34)29-23-11-7-8-12-23/h6,9-10,13-16,21,23H,7-8,11-12,17-18H2,1-5H3,(H,29,34)/t21-/m1/s1. The Kier molecular flexibility index (Phi) is 9.31. The molecule has 2 amide bonds. The lowest BCUT2D eigenvalue weighted by molar-refractivity contribution is -0.139. The number of hydrogen-bond donors (Lipinski definition) is 1. The minimum absolute atomic E-state index is 0.0425. The Morgan fingerprint density at radius 2 is 1.73 bits per heavy atom. The van der Waals surface area contributed by atoms with E-state index in [4.69, 9.17) is 0 Å². The van der Waals surface area contributed by atoms with E-state index in [-0.39, 0.29) is 24.1 Å². The van der Waals surface area contributed by atoms with Gasteiger partial charge in [0, 0.05) is 32.2 Å². The molecule has 0 bridgehead atoms. The fourth-order valence-electron chi connectivity index (χ4n) is 4.47. The van der Waals surface area contributed by atoms with Gasteiger partial charge in [0.05, 0.1) is 5.69 Å². The highest BCUT2D eigenvalue weighted by atomic mass is 32.2. The van der Waals surface area contributed by atoms with Gasteiger partial charge in [-0.15, -0.1) is 0 Å². The van der Waals surface area contributed by atoms with Crippen LogP contribution in [0.1, 0.15) is 49.3 Å². The summed E-state index contributed by atoms with van der Waals surface area (Å²) >= 11 is 0. The van der Waals surface area contributed by atoms with Gasteiger partial charge in [-0.1, -0.05) is 43.2 Å². The molecular weight excluding hydrogens is 495 g/mol. The van der Waals surface area contributed by atoms with Crippen LogP contribution in [-0.2, 0) is 26.3 Å². The summed E-state index contributed by atoms with van der Waals surface area (Å²) in [6.45, 7) is 4.48. The molecule has 1 atom stereocenters. The first kappa shape index (κ1) is 28.6. The Bertz CT molecular complexity index is 1230. The third kappa shape index (κ3) is 6.87. The SMILES string of the molecule is Cc1ccc(C)c(N(CC(=O)N(Cc2ccccc2F)[C@H](C)C(=O)NC2CCCC2)S(=O)(=O)N(C)C)c1. The van der Waals surface area contributed by atoms with Gasteiger partial charge in [0.1, 0.15) is 18.4 Å². The Balaban J connectivity index is 1.97. The van der Waals surface area contributed by atoms with Gasteiger partial charge >= 0.3 is 10.2 Å². The number of anilines is 1. The maximum absolute atomic E-state index is 14.6. The van der Waals surface area contributed by atoms with Crippen LogP contribution < -0.4 is 9.62 Å². The van der Waals surface area contributed by atoms with E-state index in [1.807, 2.05) is 13.0 Å². The van der Waals surface area contributed by atoms with Gasteiger partial charge in [0.2, 0.25) is 11.8 Å². The number of carbonyl (C=O) groups excluding carboxylic acids is 2. The molecule has 0 heterocycles. The molecule has 0 aromatic heterocycles. The highest BCUT2D eigenvalue weighted by Crippen LogP contribution is 2.26. The smallest absolute Gasteiger partial charge is 0.304 e. The van der Waals surface area contributed by atoms with E-state index in [1.54, 1.807) is 44.2 Å². The maximum atomic E-state index is 14.6. The fraction of sp³-hybridized carbons (Fsp3) is 0.481. The lowest BCUT2D eigenvalue weighted by atomic mass is 10.1. The summed E-state index contributed by atoms with van der Waals surface area (Å²) in [6, 6.07) is 10.5. The zero-order chi connectivity index (χ0) is 27.3. The number of aryl methyl sites for hydroxylation is 2. The molecule has 1 saturated carbocycles. The molecular formula is C27H37FN4O4S. The van der Waals surface area contributed by atoms with Crippen molar-refractivity contribution in [1.82, 2.24) is 14.5 Å². The summed E-state index contributed by atoms with van der Waals surface area (Å²) in [7, 11) is -1.27. The zero-order valence-corrected chi connectivity index (χ0v) is 23.0. The first-order valence-electron chi connectivity index (χ1n) is 12.5. The number of benzene rings is 2. The van der Waals surface area contributed by atoms with Crippen LogP contribution in [0.15, 0.2) is 42.5 Å². The molecule has 0 aliphatic heterocycles. The minimum atomic E-state index is -4.06. The largest absolute Gasteiger partial charge is 0.352 e. The molecule has 1 fully saturated rings. The van der Waals surface area contributed by atoms with Gasteiger partial charge in [0.25, 0.3) is 0 Å². The summed E-state index contributed by atoms with van der Waals surface area (Å²) < 4.78 is 43.3. The topological polar surface area (TPSA) is 90.0 Å². The van der Waals surface area contributed by atoms with Gasteiger partial charge < -0.3 is 10.2 Å². The Morgan fingerprint density at radius 3 is 2.35 bits per heavy atom. The average molecular weight is 533 g/mol. The molecule has 0 spiro atoms. The van der Waals surface area contributed by atoms with Gasteiger partial charge in [0.15, 0.2) is 0 Å². The second-order valence-corrected chi connectivity index (χ2v) is 11.9. The van der Waals surface area contributed by atoms with Crippen molar-refractivity contribution in [2.24, 2.45) is 0 Å². The van der Waals surface area contributed by atoms with Crippen LogP contribution in [0.3, 0.4) is 0 Å². The Morgan fingerprint density at radius 1 is 1.08 bits per heavy atom. The number of hydrogen-bond acceptors (Lipinski definition) is 4. The molecule has 10 heteroatoms. The summed E-state index contributed by atoms with van der Waals surface area (Å²) in [5.41, 5.74) is 2.12. The fourth-order valence-corrected chi connectivity index (χ4v) is 5.59. The molecule has 2 aromatic carbocycles. The van der Waals surface area contributed by atoms with E-state index >= 15 is 0 Å². The first-order chi connectivity index (χ1) is 17.4. The Labute approximate surface area is 219 Å². The van der Waals surface area contributed by atoms with Crippen molar-refractivity contribution in [2.75, 3.05) is 24.9 Å². The molecule has 3 rings (SSSR count).